The minimum atomic E-state index is -0.694. The Morgan fingerprint density at radius 2 is 1.54 bits per heavy atom. The summed E-state index contributed by atoms with van der Waals surface area (Å²) in [4.78, 5) is 28.1. The second-order valence-electron chi connectivity index (χ2n) is 7.16. The molecule has 0 unspecified atom stereocenters. The van der Waals surface area contributed by atoms with Crippen LogP contribution in [0.25, 0.3) is 0 Å². The Morgan fingerprint density at radius 1 is 0.893 bits per heavy atom. The van der Waals surface area contributed by atoms with E-state index in [-0.39, 0.29) is 11.8 Å². The van der Waals surface area contributed by atoms with Gasteiger partial charge in [-0.15, -0.1) is 0 Å². The van der Waals surface area contributed by atoms with E-state index in [2.05, 4.69) is 5.32 Å². The van der Waals surface area contributed by atoms with Gasteiger partial charge in [-0.05, 0) is 42.2 Å². The number of nitrogens with zero attached hydrogens (tertiary/aromatic N) is 1. The zero-order valence-corrected chi connectivity index (χ0v) is 16.0. The molecule has 140 valence electrons. The summed E-state index contributed by atoms with van der Waals surface area (Å²) in [7, 11) is 0. The maximum absolute atomic E-state index is 13.4. The van der Waals surface area contributed by atoms with E-state index in [9.17, 15) is 9.59 Å². The Bertz CT molecular complexity index is 1020. The molecular formula is C24H22N2O2. The van der Waals surface area contributed by atoms with Gasteiger partial charge in [0, 0.05) is 17.8 Å². The lowest BCUT2D eigenvalue weighted by atomic mass is 10.0. The van der Waals surface area contributed by atoms with E-state index >= 15 is 0 Å². The SMILES string of the molecule is Cc1cccc(C)c1NC(=O)[C@@H](c1ccccc1)N1Cc2ccccc2C1=O. The molecule has 4 rings (SSSR count). The maximum atomic E-state index is 13.4. The van der Waals surface area contributed by atoms with E-state index in [1.54, 1.807) is 4.90 Å². The first-order chi connectivity index (χ1) is 13.6. The first-order valence-corrected chi connectivity index (χ1v) is 9.37. The highest BCUT2D eigenvalue weighted by Gasteiger charge is 2.37. The van der Waals surface area contributed by atoms with Crippen LogP contribution in [0.15, 0.2) is 72.8 Å². The van der Waals surface area contributed by atoms with Crippen LogP contribution >= 0.6 is 0 Å². The Hall–Kier alpha value is -3.40. The van der Waals surface area contributed by atoms with Gasteiger partial charge in [-0.25, -0.2) is 0 Å². The zero-order chi connectivity index (χ0) is 19.7. The van der Waals surface area contributed by atoms with Gasteiger partial charge in [-0.1, -0.05) is 66.7 Å². The van der Waals surface area contributed by atoms with Crippen molar-refractivity contribution in [3.05, 3.63) is 101 Å². The molecule has 3 aromatic carbocycles. The molecule has 1 N–H and O–H groups in total. The van der Waals surface area contributed by atoms with Crippen molar-refractivity contribution in [2.45, 2.75) is 26.4 Å². The summed E-state index contributed by atoms with van der Waals surface area (Å²) in [5.74, 6) is -0.314. The highest BCUT2D eigenvalue weighted by atomic mass is 16.2. The zero-order valence-electron chi connectivity index (χ0n) is 16.0. The van der Waals surface area contributed by atoms with E-state index in [0.29, 0.717) is 12.1 Å². The first kappa shape index (κ1) is 18.0. The lowest BCUT2D eigenvalue weighted by Gasteiger charge is -2.28. The third kappa shape index (κ3) is 3.18. The molecule has 0 aromatic heterocycles. The Labute approximate surface area is 164 Å². The van der Waals surface area contributed by atoms with Gasteiger partial charge in [0.25, 0.3) is 11.8 Å². The van der Waals surface area contributed by atoms with Crippen LogP contribution in [0.4, 0.5) is 5.69 Å². The predicted molar refractivity (Wildman–Crippen MR) is 110 cm³/mol. The Morgan fingerprint density at radius 3 is 2.21 bits per heavy atom. The molecule has 1 atom stereocenters. The van der Waals surface area contributed by atoms with Crippen molar-refractivity contribution in [3.8, 4) is 0 Å². The monoisotopic (exact) mass is 370 g/mol. The highest BCUT2D eigenvalue weighted by molar-refractivity contribution is 6.04. The Balaban J connectivity index is 1.72. The van der Waals surface area contributed by atoms with Crippen LogP contribution in [0.1, 0.15) is 38.7 Å². The van der Waals surface area contributed by atoms with Crippen LogP contribution in [-0.2, 0) is 11.3 Å². The summed E-state index contributed by atoms with van der Waals surface area (Å²) >= 11 is 0. The molecule has 1 aliphatic heterocycles. The van der Waals surface area contributed by atoms with Crippen molar-refractivity contribution in [1.82, 2.24) is 4.90 Å². The van der Waals surface area contributed by atoms with E-state index in [0.717, 1.165) is 27.9 Å². The fourth-order valence-electron chi connectivity index (χ4n) is 3.80. The van der Waals surface area contributed by atoms with Crippen LogP contribution in [0, 0.1) is 13.8 Å². The molecular weight excluding hydrogens is 348 g/mol. The number of aryl methyl sites for hydroxylation is 2. The van der Waals surface area contributed by atoms with Crippen molar-refractivity contribution in [2.75, 3.05) is 5.32 Å². The van der Waals surface area contributed by atoms with Crippen molar-refractivity contribution in [3.63, 3.8) is 0 Å². The van der Waals surface area contributed by atoms with Crippen molar-refractivity contribution < 1.29 is 9.59 Å². The molecule has 0 aliphatic carbocycles. The summed E-state index contributed by atoms with van der Waals surface area (Å²) in [5.41, 5.74) is 5.22. The first-order valence-electron chi connectivity index (χ1n) is 9.37. The standard InChI is InChI=1S/C24H22N2O2/c1-16-9-8-10-17(2)21(16)25-23(27)22(18-11-4-3-5-12-18)26-15-19-13-6-7-14-20(19)24(26)28/h3-14,22H,15H2,1-2H3,(H,25,27)/t22-/m1/s1. The number of anilines is 1. The summed E-state index contributed by atoms with van der Waals surface area (Å²) < 4.78 is 0. The predicted octanol–water partition coefficient (Wildman–Crippen LogP) is 4.64. The fraction of sp³-hybridized carbons (Fsp3) is 0.167. The molecule has 0 bridgehead atoms. The molecule has 0 radical (unpaired) electrons. The number of carbonyl (C=O) groups is 2. The van der Waals surface area contributed by atoms with Crippen LogP contribution in [0.3, 0.4) is 0 Å². The Kier molecular flexibility index (Phi) is 4.70. The summed E-state index contributed by atoms with van der Waals surface area (Å²) in [6.07, 6.45) is 0. The molecule has 3 aromatic rings. The second kappa shape index (κ2) is 7.31. The van der Waals surface area contributed by atoms with Gasteiger partial charge in [-0.3, -0.25) is 9.59 Å². The molecule has 2 amide bonds. The van der Waals surface area contributed by atoms with Gasteiger partial charge in [0.05, 0.1) is 0 Å². The molecule has 0 saturated carbocycles. The van der Waals surface area contributed by atoms with Crippen LogP contribution in [-0.4, -0.2) is 16.7 Å². The maximum Gasteiger partial charge on any atom is 0.255 e. The van der Waals surface area contributed by atoms with Gasteiger partial charge in [0.2, 0.25) is 0 Å². The number of fused-ring (bicyclic) bond motifs is 1. The molecule has 1 aliphatic rings. The van der Waals surface area contributed by atoms with Crippen LogP contribution in [0.5, 0.6) is 0 Å². The second-order valence-corrected chi connectivity index (χ2v) is 7.16. The summed E-state index contributed by atoms with van der Waals surface area (Å²) in [6, 6.07) is 22.2. The number of para-hydroxylation sites is 1. The molecule has 28 heavy (non-hydrogen) atoms. The van der Waals surface area contributed by atoms with Crippen LogP contribution < -0.4 is 5.32 Å². The van der Waals surface area contributed by atoms with Crippen molar-refractivity contribution in [2.24, 2.45) is 0 Å². The van der Waals surface area contributed by atoms with E-state index in [4.69, 9.17) is 0 Å². The number of benzene rings is 3. The van der Waals surface area contributed by atoms with Crippen molar-refractivity contribution >= 4 is 17.5 Å². The van der Waals surface area contributed by atoms with Gasteiger partial charge in [-0.2, -0.15) is 0 Å². The van der Waals surface area contributed by atoms with Crippen molar-refractivity contribution in [1.29, 1.82) is 0 Å². The number of hydrogen-bond donors (Lipinski definition) is 1. The van der Waals surface area contributed by atoms with E-state index in [1.807, 2.05) is 86.6 Å². The number of hydrogen-bond acceptors (Lipinski definition) is 2. The molecule has 0 spiro atoms. The minimum Gasteiger partial charge on any atom is -0.323 e. The van der Waals surface area contributed by atoms with Gasteiger partial charge < -0.3 is 10.2 Å². The fourth-order valence-corrected chi connectivity index (χ4v) is 3.80. The number of nitrogens with one attached hydrogen (secondary N) is 1. The summed E-state index contributed by atoms with van der Waals surface area (Å²) in [5, 5.41) is 3.07. The largest absolute Gasteiger partial charge is 0.323 e. The quantitative estimate of drug-likeness (QED) is 0.727. The normalized spacial score (nSPS) is 13.9. The molecule has 1 heterocycles. The topological polar surface area (TPSA) is 49.4 Å². The number of rotatable bonds is 4. The molecule has 0 fully saturated rings. The third-order valence-electron chi connectivity index (χ3n) is 5.25. The number of carbonyl (C=O) groups excluding carboxylic acids is 2. The van der Waals surface area contributed by atoms with Gasteiger partial charge in [0.1, 0.15) is 6.04 Å². The minimum absolute atomic E-state index is 0.110. The molecule has 4 heteroatoms. The average Bonchev–Trinajstić information content (AvgIpc) is 3.03. The molecule has 4 nitrogen and oxygen atoms in total. The third-order valence-corrected chi connectivity index (χ3v) is 5.25. The van der Waals surface area contributed by atoms with Crippen LogP contribution in [0.2, 0.25) is 0 Å². The highest BCUT2D eigenvalue weighted by Crippen LogP contribution is 2.33. The van der Waals surface area contributed by atoms with Gasteiger partial charge >= 0.3 is 0 Å². The average molecular weight is 370 g/mol. The lowest BCUT2D eigenvalue weighted by molar-refractivity contribution is -0.120. The van der Waals surface area contributed by atoms with E-state index in [1.165, 1.54) is 0 Å². The smallest absolute Gasteiger partial charge is 0.255 e. The lowest BCUT2D eigenvalue weighted by Crippen LogP contribution is -2.37. The molecule has 0 saturated heterocycles. The van der Waals surface area contributed by atoms with Gasteiger partial charge in [0.15, 0.2) is 0 Å². The number of amides is 2. The summed E-state index contributed by atoms with van der Waals surface area (Å²) in [6.45, 7) is 4.36. The van der Waals surface area contributed by atoms with E-state index < -0.39 is 6.04 Å².